The van der Waals surface area contributed by atoms with Gasteiger partial charge in [0.2, 0.25) is 0 Å². The minimum Gasteiger partial charge on any atom is -0.349 e. The fraction of sp³-hybridized carbons (Fsp3) is 0.417. The second kappa shape index (κ2) is 6.10. The van der Waals surface area contributed by atoms with Crippen molar-refractivity contribution in [3.05, 3.63) is 33.8 Å². The van der Waals surface area contributed by atoms with E-state index in [4.69, 9.17) is 0 Å². The van der Waals surface area contributed by atoms with Crippen molar-refractivity contribution >= 4 is 21.8 Å². The molecule has 0 saturated heterocycles. The Morgan fingerprint density at radius 1 is 1.29 bits per heavy atom. The summed E-state index contributed by atoms with van der Waals surface area (Å²) in [5.41, 5.74) is -0.528. The van der Waals surface area contributed by atoms with E-state index in [1.807, 2.05) is 13.8 Å². The number of rotatable bonds is 4. The van der Waals surface area contributed by atoms with Gasteiger partial charge in [-0.1, -0.05) is 29.8 Å². The fourth-order valence-electron chi connectivity index (χ4n) is 1.51. The van der Waals surface area contributed by atoms with Crippen molar-refractivity contribution in [2.75, 3.05) is 0 Å². The highest BCUT2D eigenvalue weighted by molar-refractivity contribution is 9.10. The van der Waals surface area contributed by atoms with E-state index in [0.717, 1.165) is 25.0 Å². The molecule has 0 saturated carbocycles. The number of carbonyl (C=O) groups excluding carboxylic acids is 1. The van der Waals surface area contributed by atoms with Crippen molar-refractivity contribution in [3.63, 3.8) is 0 Å². The number of halogens is 3. The quantitative estimate of drug-likeness (QED) is 0.904. The molecule has 5 heteroatoms. The molecule has 0 aliphatic carbocycles. The van der Waals surface area contributed by atoms with Gasteiger partial charge < -0.3 is 5.32 Å². The van der Waals surface area contributed by atoms with Crippen molar-refractivity contribution in [2.45, 2.75) is 32.7 Å². The zero-order valence-corrected chi connectivity index (χ0v) is 11.3. The molecule has 0 unspecified atom stereocenters. The van der Waals surface area contributed by atoms with Crippen LogP contribution in [0.5, 0.6) is 0 Å². The van der Waals surface area contributed by atoms with Crippen LogP contribution in [0.2, 0.25) is 0 Å². The number of hydrogen-bond donors (Lipinski definition) is 1. The topological polar surface area (TPSA) is 29.1 Å². The number of nitrogens with one attached hydrogen (secondary N) is 1. The lowest BCUT2D eigenvalue weighted by Crippen LogP contribution is -2.34. The summed E-state index contributed by atoms with van der Waals surface area (Å²) in [5, 5.41) is 2.60. The molecule has 0 heterocycles. The Morgan fingerprint density at radius 3 is 2.18 bits per heavy atom. The van der Waals surface area contributed by atoms with Crippen LogP contribution in [-0.4, -0.2) is 11.9 Å². The summed E-state index contributed by atoms with van der Waals surface area (Å²) in [7, 11) is 0. The number of hydrogen-bond acceptors (Lipinski definition) is 1. The molecule has 1 N–H and O–H groups in total. The smallest absolute Gasteiger partial charge is 0.257 e. The first-order valence-electron chi connectivity index (χ1n) is 5.45. The lowest BCUT2D eigenvalue weighted by molar-refractivity contribution is 0.0926. The summed E-state index contributed by atoms with van der Waals surface area (Å²) in [4.78, 5) is 11.7. The molecular weight excluding hydrogens is 292 g/mol. The van der Waals surface area contributed by atoms with E-state index in [-0.39, 0.29) is 10.5 Å². The van der Waals surface area contributed by atoms with Crippen LogP contribution in [0.1, 0.15) is 37.0 Å². The van der Waals surface area contributed by atoms with Gasteiger partial charge in [0.25, 0.3) is 5.91 Å². The zero-order valence-electron chi connectivity index (χ0n) is 9.69. The average molecular weight is 306 g/mol. The third kappa shape index (κ3) is 3.49. The number of benzene rings is 1. The second-order valence-electron chi connectivity index (χ2n) is 3.73. The van der Waals surface area contributed by atoms with Gasteiger partial charge in [0.15, 0.2) is 0 Å². The molecule has 0 aromatic heterocycles. The predicted octanol–water partition coefficient (Wildman–Crippen LogP) is 3.65. The van der Waals surface area contributed by atoms with Gasteiger partial charge in [-0.25, -0.2) is 8.78 Å². The Morgan fingerprint density at radius 2 is 1.76 bits per heavy atom. The van der Waals surface area contributed by atoms with Gasteiger partial charge in [-0.05, 0) is 25.0 Å². The summed E-state index contributed by atoms with van der Waals surface area (Å²) in [6, 6.07) is 2.08. The van der Waals surface area contributed by atoms with Gasteiger partial charge in [-0.15, -0.1) is 0 Å². The fourth-order valence-corrected chi connectivity index (χ4v) is 1.91. The molecule has 17 heavy (non-hydrogen) atoms. The van der Waals surface area contributed by atoms with E-state index in [1.54, 1.807) is 0 Å². The highest BCUT2D eigenvalue weighted by Gasteiger charge is 2.19. The number of carbonyl (C=O) groups is 1. The molecule has 0 radical (unpaired) electrons. The van der Waals surface area contributed by atoms with Crippen molar-refractivity contribution in [1.29, 1.82) is 0 Å². The minimum absolute atomic E-state index is 0.0649. The molecule has 2 nitrogen and oxygen atoms in total. The van der Waals surface area contributed by atoms with Gasteiger partial charge >= 0.3 is 0 Å². The molecule has 0 spiro atoms. The Bertz CT molecular complexity index is 396. The lowest BCUT2D eigenvalue weighted by Gasteiger charge is -2.15. The van der Waals surface area contributed by atoms with Crippen LogP contribution in [0.3, 0.4) is 0 Å². The Hall–Kier alpha value is -0.970. The van der Waals surface area contributed by atoms with E-state index < -0.39 is 23.1 Å². The SMILES string of the molecule is CCC(CC)NC(=O)c1c(F)cc(Br)cc1F. The largest absolute Gasteiger partial charge is 0.349 e. The van der Waals surface area contributed by atoms with Crippen LogP contribution >= 0.6 is 15.9 Å². The summed E-state index contributed by atoms with van der Waals surface area (Å²) < 4.78 is 27.2. The average Bonchev–Trinajstić information content (AvgIpc) is 2.24. The van der Waals surface area contributed by atoms with Crippen LogP contribution in [0, 0.1) is 11.6 Å². The molecule has 1 aromatic carbocycles. The van der Waals surface area contributed by atoms with Crippen molar-refractivity contribution in [3.8, 4) is 0 Å². The van der Waals surface area contributed by atoms with Crippen molar-refractivity contribution < 1.29 is 13.6 Å². The highest BCUT2D eigenvalue weighted by atomic mass is 79.9. The van der Waals surface area contributed by atoms with Gasteiger partial charge in [-0.2, -0.15) is 0 Å². The van der Waals surface area contributed by atoms with Crippen LogP contribution in [0.4, 0.5) is 8.78 Å². The first-order chi connectivity index (χ1) is 7.99. The van der Waals surface area contributed by atoms with Crippen molar-refractivity contribution in [1.82, 2.24) is 5.32 Å². The van der Waals surface area contributed by atoms with Gasteiger partial charge in [0.1, 0.15) is 17.2 Å². The van der Waals surface area contributed by atoms with Crippen molar-refractivity contribution in [2.24, 2.45) is 0 Å². The molecule has 0 atom stereocenters. The van der Waals surface area contributed by atoms with Crippen LogP contribution in [0.15, 0.2) is 16.6 Å². The maximum atomic E-state index is 13.5. The standard InChI is InChI=1S/C12H14BrF2NO/c1-3-8(4-2)16-12(17)11-9(14)5-7(13)6-10(11)15/h5-6,8H,3-4H2,1-2H3,(H,16,17). The molecule has 1 amide bonds. The van der Waals surface area contributed by atoms with Gasteiger partial charge in [0.05, 0.1) is 0 Å². The van der Waals surface area contributed by atoms with Crippen LogP contribution in [0.25, 0.3) is 0 Å². The maximum Gasteiger partial charge on any atom is 0.257 e. The molecule has 0 aliphatic rings. The third-order valence-electron chi connectivity index (χ3n) is 2.55. The third-order valence-corrected chi connectivity index (χ3v) is 3.01. The lowest BCUT2D eigenvalue weighted by atomic mass is 10.1. The summed E-state index contributed by atoms with van der Waals surface area (Å²) in [6.07, 6.45) is 1.45. The normalized spacial score (nSPS) is 10.7. The molecule has 0 aliphatic heterocycles. The first kappa shape index (κ1) is 14.1. The maximum absolute atomic E-state index is 13.5. The second-order valence-corrected chi connectivity index (χ2v) is 4.65. The molecule has 0 fully saturated rings. The Labute approximate surface area is 108 Å². The highest BCUT2D eigenvalue weighted by Crippen LogP contribution is 2.19. The van der Waals surface area contributed by atoms with Gasteiger partial charge in [0, 0.05) is 10.5 Å². The first-order valence-corrected chi connectivity index (χ1v) is 6.24. The molecule has 0 bridgehead atoms. The van der Waals surface area contributed by atoms with E-state index >= 15 is 0 Å². The van der Waals surface area contributed by atoms with Gasteiger partial charge in [-0.3, -0.25) is 4.79 Å². The molecule has 94 valence electrons. The summed E-state index contributed by atoms with van der Waals surface area (Å²) in [6.45, 7) is 3.81. The summed E-state index contributed by atoms with van der Waals surface area (Å²) >= 11 is 2.96. The summed E-state index contributed by atoms with van der Waals surface area (Å²) in [5.74, 6) is -2.43. The Kier molecular flexibility index (Phi) is 5.05. The molecule has 1 aromatic rings. The Balaban J connectivity index is 2.96. The van der Waals surface area contributed by atoms with E-state index in [1.165, 1.54) is 0 Å². The monoisotopic (exact) mass is 305 g/mol. The van der Waals surface area contributed by atoms with E-state index in [2.05, 4.69) is 21.2 Å². The van der Waals surface area contributed by atoms with E-state index in [0.29, 0.717) is 0 Å². The minimum atomic E-state index is -0.861. The van der Waals surface area contributed by atoms with E-state index in [9.17, 15) is 13.6 Å². The zero-order chi connectivity index (χ0) is 13.0. The predicted molar refractivity (Wildman–Crippen MR) is 65.9 cm³/mol. The van der Waals surface area contributed by atoms with Crippen LogP contribution < -0.4 is 5.32 Å². The molecule has 1 rings (SSSR count). The number of amides is 1. The van der Waals surface area contributed by atoms with Crippen LogP contribution in [-0.2, 0) is 0 Å². The molecular formula is C12H14BrF2NO.